The summed E-state index contributed by atoms with van der Waals surface area (Å²) in [7, 11) is 1.30. The maximum absolute atomic E-state index is 11.3. The van der Waals surface area contributed by atoms with Crippen molar-refractivity contribution in [3.8, 4) is 0 Å². The van der Waals surface area contributed by atoms with Crippen molar-refractivity contribution < 1.29 is 14.3 Å². The predicted molar refractivity (Wildman–Crippen MR) is 52.5 cm³/mol. The van der Waals surface area contributed by atoms with Gasteiger partial charge in [-0.25, -0.2) is 4.79 Å². The van der Waals surface area contributed by atoms with Crippen LogP contribution in [0.3, 0.4) is 0 Å². The molecule has 0 spiro atoms. The molecule has 14 heavy (non-hydrogen) atoms. The molecule has 0 heterocycles. The highest BCUT2D eigenvalue weighted by atomic mass is 16.5. The minimum absolute atomic E-state index is 0.0398. The number of methoxy groups -OCH3 is 1. The lowest BCUT2D eigenvalue weighted by atomic mass is 9.99. The lowest BCUT2D eigenvalue weighted by molar-refractivity contribution is -0.146. The summed E-state index contributed by atoms with van der Waals surface area (Å²) >= 11 is 0. The number of hydrogen-bond acceptors (Lipinski definition) is 4. The summed E-state index contributed by atoms with van der Waals surface area (Å²) in [5.74, 6) is -0.736. The van der Waals surface area contributed by atoms with E-state index in [1.165, 1.54) is 7.11 Å². The monoisotopic (exact) mass is 202 g/mol. The van der Waals surface area contributed by atoms with Crippen LogP contribution in [-0.2, 0) is 14.3 Å². The van der Waals surface area contributed by atoms with Gasteiger partial charge in [-0.15, -0.1) is 0 Å². The van der Waals surface area contributed by atoms with Crippen LogP contribution in [-0.4, -0.2) is 31.6 Å². The molecule has 0 aliphatic heterocycles. The second-order valence-electron chi connectivity index (χ2n) is 3.16. The van der Waals surface area contributed by atoms with Crippen molar-refractivity contribution in [2.75, 3.05) is 13.7 Å². The number of amides is 1. The van der Waals surface area contributed by atoms with Crippen LogP contribution in [0.2, 0.25) is 0 Å². The van der Waals surface area contributed by atoms with Gasteiger partial charge in [-0.2, -0.15) is 0 Å². The first-order valence-corrected chi connectivity index (χ1v) is 4.64. The molecule has 0 aromatic heterocycles. The largest absolute Gasteiger partial charge is 0.467 e. The van der Waals surface area contributed by atoms with Crippen LogP contribution in [0.15, 0.2) is 0 Å². The van der Waals surface area contributed by atoms with E-state index < -0.39 is 12.0 Å². The molecular formula is C9H18N2O3. The molecule has 5 nitrogen and oxygen atoms in total. The van der Waals surface area contributed by atoms with Gasteiger partial charge in [0.1, 0.15) is 6.04 Å². The lowest BCUT2D eigenvalue weighted by Crippen LogP contribution is -2.47. The second kappa shape index (κ2) is 6.37. The topological polar surface area (TPSA) is 81.4 Å². The van der Waals surface area contributed by atoms with Crippen molar-refractivity contribution in [2.45, 2.75) is 26.3 Å². The molecule has 0 aromatic rings. The average molecular weight is 202 g/mol. The third-order valence-corrected chi connectivity index (χ3v) is 2.17. The summed E-state index contributed by atoms with van der Waals surface area (Å²) in [6, 6.07) is -0.596. The molecule has 82 valence electrons. The summed E-state index contributed by atoms with van der Waals surface area (Å²) in [6.45, 7) is 3.69. The Kier molecular flexibility index (Phi) is 5.87. The quantitative estimate of drug-likeness (QED) is 0.597. The summed E-state index contributed by atoms with van der Waals surface area (Å²) < 4.78 is 4.59. The Balaban J connectivity index is 4.39. The molecule has 0 aromatic carbocycles. The summed E-state index contributed by atoms with van der Waals surface area (Å²) in [5.41, 5.74) is 5.14. The first kappa shape index (κ1) is 12.9. The zero-order valence-corrected chi connectivity index (χ0v) is 8.87. The van der Waals surface area contributed by atoms with E-state index >= 15 is 0 Å². The maximum Gasteiger partial charge on any atom is 0.328 e. The van der Waals surface area contributed by atoms with E-state index in [1.54, 1.807) is 0 Å². The van der Waals surface area contributed by atoms with E-state index in [0.29, 0.717) is 0 Å². The van der Waals surface area contributed by atoms with Gasteiger partial charge in [-0.1, -0.05) is 20.3 Å². The fraction of sp³-hybridized carbons (Fsp3) is 0.778. The van der Waals surface area contributed by atoms with Gasteiger partial charge in [0.25, 0.3) is 0 Å². The van der Waals surface area contributed by atoms with E-state index in [2.05, 4.69) is 10.1 Å². The number of carbonyl (C=O) groups is 2. The fourth-order valence-electron chi connectivity index (χ4n) is 1.03. The van der Waals surface area contributed by atoms with Gasteiger partial charge in [0, 0.05) is 0 Å². The van der Waals surface area contributed by atoms with Gasteiger partial charge in [0.05, 0.1) is 13.7 Å². The Labute approximate surface area is 84.0 Å². The number of esters is 1. The highest BCUT2D eigenvalue weighted by Gasteiger charge is 2.25. The molecule has 0 saturated heterocycles. The molecule has 0 fully saturated rings. The van der Waals surface area contributed by atoms with E-state index in [1.807, 2.05) is 13.8 Å². The first-order chi connectivity index (χ1) is 6.56. The van der Waals surface area contributed by atoms with Crippen LogP contribution >= 0.6 is 0 Å². The molecule has 0 rings (SSSR count). The van der Waals surface area contributed by atoms with Gasteiger partial charge in [0.2, 0.25) is 5.91 Å². The van der Waals surface area contributed by atoms with Gasteiger partial charge in [0.15, 0.2) is 0 Å². The van der Waals surface area contributed by atoms with Crippen LogP contribution in [0.4, 0.5) is 0 Å². The normalized spacial score (nSPS) is 14.3. The Morgan fingerprint density at radius 3 is 2.43 bits per heavy atom. The number of ether oxygens (including phenoxy) is 1. The van der Waals surface area contributed by atoms with E-state index in [0.717, 1.165) is 6.42 Å². The molecular weight excluding hydrogens is 184 g/mol. The molecule has 5 heteroatoms. The number of rotatable bonds is 5. The number of nitrogens with two attached hydrogens (primary N) is 1. The van der Waals surface area contributed by atoms with Crippen LogP contribution in [0, 0.1) is 5.92 Å². The number of nitrogens with one attached hydrogen (secondary N) is 1. The standard InChI is InChI=1S/C9H18N2O3/c1-4-6(2)8(9(13)14-3)11-7(12)5-10/h6,8H,4-5,10H2,1-3H3,(H,11,12)/t6-,8-/m0/s1. The Morgan fingerprint density at radius 1 is 1.50 bits per heavy atom. The Hall–Kier alpha value is -1.10. The molecule has 0 bridgehead atoms. The Bertz CT molecular complexity index is 206. The molecule has 0 saturated carbocycles. The highest BCUT2D eigenvalue weighted by molar-refractivity contribution is 5.85. The van der Waals surface area contributed by atoms with Crippen molar-refractivity contribution in [3.05, 3.63) is 0 Å². The highest BCUT2D eigenvalue weighted by Crippen LogP contribution is 2.08. The van der Waals surface area contributed by atoms with E-state index in [4.69, 9.17) is 5.73 Å². The molecule has 2 atom stereocenters. The van der Waals surface area contributed by atoms with Crippen LogP contribution in [0.5, 0.6) is 0 Å². The molecule has 0 aliphatic rings. The van der Waals surface area contributed by atoms with Gasteiger partial charge in [-0.3, -0.25) is 4.79 Å². The zero-order chi connectivity index (χ0) is 11.1. The molecule has 0 aliphatic carbocycles. The van der Waals surface area contributed by atoms with Crippen molar-refractivity contribution in [3.63, 3.8) is 0 Å². The summed E-state index contributed by atoms with van der Waals surface area (Å²) in [5, 5.41) is 2.53. The van der Waals surface area contributed by atoms with Crippen molar-refractivity contribution in [1.82, 2.24) is 5.32 Å². The van der Waals surface area contributed by atoms with E-state index in [-0.39, 0.29) is 18.4 Å². The lowest BCUT2D eigenvalue weighted by Gasteiger charge is -2.21. The first-order valence-electron chi connectivity index (χ1n) is 4.64. The predicted octanol–water partition coefficient (Wildman–Crippen LogP) is -0.351. The maximum atomic E-state index is 11.3. The van der Waals surface area contributed by atoms with Crippen LogP contribution in [0.25, 0.3) is 0 Å². The number of carbonyl (C=O) groups excluding carboxylic acids is 2. The van der Waals surface area contributed by atoms with Crippen molar-refractivity contribution >= 4 is 11.9 Å². The molecule has 1 amide bonds. The molecule has 3 N–H and O–H groups in total. The minimum Gasteiger partial charge on any atom is -0.467 e. The second-order valence-corrected chi connectivity index (χ2v) is 3.16. The van der Waals surface area contributed by atoms with Crippen LogP contribution < -0.4 is 11.1 Å². The number of hydrogen-bond donors (Lipinski definition) is 2. The third kappa shape index (κ3) is 3.74. The van der Waals surface area contributed by atoms with Crippen molar-refractivity contribution in [2.24, 2.45) is 11.7 Å². The Morgan fingerprint density at radius 2 is 2.07 bits per heavy atom. The summed E-state index contributed by atoms with van der Waals surface area (Å²) in [4.78, 5) is 22.3. The molecule has 0 radical (unpaired) electrons. The van der Waals surface area contributed by atoms with Gasteiger partial charge >= 0.3 is 5.97 Å². The van der Waals surface area contributed by atoms with Gasteiger partial charge in [-0.05, 0) is 5.92 Å². The zero-order valence-electron chi connectivity index (χ0n) is 8.87. The third-order valence-electron chi connectivity index (χ3n) is 2.17. The van der Waals surface area contributed by atoms with Crippen LogP contribution in [0.1, 0.15) is 20.3 Å². The summed E-state index contributed by atoms with van der Waals surface area (Å²) in [6.07, 6.45) is 0.782. The average Bonchev–Trinajstić information content (AvgIpc) is 2.23. The van der Waals surface area contributed by atoms with Crippen molar-refractivity contribution in [1.29, 1.82) is 0 Å². The van der Waals surface area contributed by atoms with E-state index in [9.17, 15) is 9.59 Å². The fourth-order valence-corrected chi connectivity index (χ4v) is 1.03. The smallest absolute Gasteiger partial charge is 0.328 e. The minimum atomic E-state index is -0.596. The van der Waals surface area contributed by atoms with Gasteiger partial charge < -0.3 is 15.8 Å². The molecule has 0 unspecified atom stereocenters. The SMILES string of the molecule is CC[C@H](C)[C@H](NC(=O)CN)C(=O)OC.